The van der Waals surface area contributed by atoms with Gasteiger partial charge in [0.1, 0.15) is 0 Å². The summed E-state index contributed by atoms with van der Waals surface area (Å²) in [5, 5.41) is 4.21. The maximum atomic E-state index is 12.2. The van der Waals surface area contributed by atoms with Gasteiger partial charge in [-0.15, -0.1) is 0 Å². The molecule has 0 aliphatic heterocycles. The standard InChI is InChI=1S/C18H23N3O/c19-16-8-2-6-15(12-16)18(22)21-11-9-14-5-1-4-13-7-3-10-20-17(13)14/h1,3-5,7,10,15-16H,2,6,8-9,11-12,19H2,(H,21,22). The minimum atomic E-state index is 0.0920. The van der Waals surface area contributed by atoms with Crippen LogP contribution in [0.4, 0.5) is 0 Å². The second-order valence-corrected chi connectivity index (χ2v) is 6.16. The van der Waals surface area contributed by atoms with Crippen molar-refractivity contribution in [3.63, 3.8) is 0 Å². The van der Waals surface area contributed by atoms with E-state index in [1.54, 1.807) is 0 Å². The molecule has 0 saturated heterocycles. The Kier molecular flexibility index (Phi) is 4.68. The summed E-state index contributed by atoms with van der Waals surface area (Å²) in [6.45, 7) is 0.653. The Morgan fingerprint density at radius 1 is 1.27 bits per heavy atom. The first-order chi connectivity index (χ1) is 10.7. The van der Waals surface area contributed by atoms with Crippen LogP contribution in [0.1, 0.15) is 31.2 Å². The van der Waals surface area contributed by atoms with E-state index in [9.17, 15) is 4.79 Å². The molecule has 2 atom stereocenters. The van der Waals surface area contributed by atoms with Crippen molar-refractivity contribution in [2.45, 2.75) is 38.1 Å². The third-order valence-electron chi connectivity index (χ3n) is 4.50. The van der Waals surface area contributed by atoms with Crippen LogP contribution in [0.5, 0.6) is 0 Å². The van der Waals surface area contributed by atoms with Gasteiger partial charge in [-0.2, -0.15) is 0 Å². The summed E-state index contributed by atoms with van der Waals surface area (Å²) in [6.07, 6.45) is 6.52. The monoisotopic (exact) mass is 297 g/mol. The Hall–Kier alpha value is -1.94. The van der Waals surface area contributed by atoms with Crippen LogP contribution in [-0.2, 0) is 11.2 Å². The van der Waals surface area contributed by atoms with E-state index in [0.717, 1.165) is 43.0 Å². The Balaban J connectivity index is 1.57. The summed E-state index contributed by atoms with van der Waals surface area (Å²) >= 11 is 0. The fraction of sp³-hybridized carbons (Fsp3) is 0.444. The van der Waals surface area contributed by atoms with Crippen LogP contribution in [-0.4, -0.2) is 23.5 Å². The Bertz CT molecular complexity index is 650. The number of hydrogen-bond donors (Lipinski definition) is 2. The molecular weight excluding hydrogens is 274 g/mol. The lowest BCUT2D eigenvalue weighted by Gasteiger charge is -2.25. The summed E-state index contributed by atoms with van der Waals surface area (Å²) < 4.78 is 0. The zero-order valence-electron chi connectivity index (χ0n) is 12.8. The van der Waals surface area contributed by atoms with Gasteiger partial charge in [-0.3, -0.25) is 9.78 Å². The van der Waals surface area contributed by atoms with Gasteiger partial charge < -0.3 is 11.1 Å². The smallest absolute Gasteiger partial charge is 0.223 e. The minimum absolute atomic E-state index is 0.0920. The third kappa shape index (κ3) is 3.45. The number of aromatic nitrogens is 1. The largest absolute Gasteiger partial charge is 0.356 e. The predicted molar refractivity (Wildman–Crippen MR) is 88.4 cm³/mol. The Morgan fingerprint density at radius 3 is 3.00 bits per heavy atom. The van der Waals surface area contributed by atoms with Crippen molar-refractivity contribution in [3.8, 4) is 0 Å². The number of nitrogens with two attached hydrogens (primary N) is 1. The topological polar surface area (TPSA) is 68.0 Å². The number of rotatable bonds is 4. The van der Waals surface area contributed by atoms with E-state index in [2.05, 4.69) is 28.5 Å². The molecule has 0 radical (unpaired) electrons. The molecule has 1 heterocycles. The van der Waals surface area contributed by atoms with Crippen molar-refractivity contribution in [3.05, 3.63) is 42.1 Å². The number of fused-ring (bicyclic) bond motifs is 1. The van der Waals surface area contributed by atoms with Crippen LogP contribution >= 0.6 is 0 Å². The number of nitrogens with one attached hydrogen (secondary N) is 1. The fourth-order valence-corrected chi connectivity index (χ4v) is 3.30. The van der Waals surface area contributed by atoms with Crippen LogP contribution in [0.2, 0.25) is 0 Å². The molecule has 3 N–H and O–H groups in total. The zero-order valence-corrected chi connectivity index (χ0v) is 12.8. The number of carbonyl (C=O) groups excluding carboxylic acids is 1. The van der Waals surface area contributed by atoms with E-state index >= 15 is 0 Å². The lowest BCUT2D eigenvalue weighted by atomic mass is 9.85. The molecule has 1 saturated carbocycles. The second kappa shape index (κ2) is 6.88. The lowest BCUT2D eigenvalue weighted by molar-refractivity contribution is -0.126. The van der Waals surface area contributed by atoms with Gasteiger partial charge in [0.05, 0.1) is 5.52 Å². The SMILES string of the molecule is NC1CCCC(C(=O)NCCc2cccc3cccnc23)C1. The van der Waals surface area contributed by atoms with E-state index in [1.165, 1.54) is 5.56 Å². The highest BCUT2D eigenvalue weighted by Crippen LogP contribution is 2.23. The van der Waals surface area contributed by atoms with Gasteiger partial charge in [-0.1, -0.05) is 30.7 Å². The minimum Gasteiger partial charge on any atom is -0.356 e. The van der Waals surface area contributed by atoms with Gasteiger partial charge in [0.15, 0.2) is 0 Å². The molecule has 4 nitrogen and oxygen atoms in total. The van der Waals surface area contributed by atoms with E-state index in [1.807, 2.05) is 18.3 Å². The molecule has 2 unspecified atom stereocenters. The van der Waals surface area contributed by atoms with E-state index in [0.29, 0.717) is 6.54 Å². The maximum Gasteiger partial charge on any atom is 0.223 e. The summed E-state index contributed by atoms with van der Waals surface area (Å²) in [5.74, 6) is 0.248. The molecule has 0 spiro atoms. The molecule has 1 aliphatic rings. The van der Waals surface area contributed by atoms with Gasteiger partial charge >= 0.3 is 0 Å². The van der Waals surface area contributed by atoms with Crippen LogP contribution in [0.3, 0.4) is 0 Å². The van der Waals surface area contributed by atoms with Gasteiger partial charge in [0, 0.05) is 30.1 Å². The molecule has 22 heavy (non-hydrogen) atoms. The molecule has 3 rings (SSSR count). The first-order valence-electron chi connectivity index (χ1n) is 8.10. The Labute approximate surface area is 131 Å². The van der Waals surface area contributed by atoms with Crippen molar-refractivity contribution in [1.82, 2.24) is 10.3 Å². The van der Waals surface area contributed by atoms with Crippen molar-refractivity contribution >= 4 is 16.8 Å². The molecule has 1 aliphatic carbocycles. The van der Waals surface area contributed by atoms with Gasteiger partial charge in [0.25, 0.3) is 0 Å². The van der Waals surface area contributed by atoms with E-state index in [4.69, 9.17) is 5.73 Å². The molecule has 4 heteroatoms. The molecule has 1 amide bonds. The maximum absolute atomic E-state index is 12.2. The average Bonchev–Trinajstić information content (AvgIpc) is 2.55. The quantitative estimate of drug-likeness (QED) is 0.910. The number of hydrogen-bond acceptors (Lipinski definition) is 3. The van der Waals surface area contributed by atoms with E-state index < -0.39 is 0 Å². The average molecular weight is 297 g/mol. The number of carbonyl (C=O) groups is 1. The summed E-state index contributed by atoms with van der Waals surface area (Å²) in [4.78, 5) is 16.7. The Morgan fingerprint density at radius 2 is 2.14 bits per heavy atom. The van der Waals surface area contributed by atoms with Crippen LogP contribution in [0, 0.1) is 5.92 Å². The molecule has 1 aromatic heterocycles. The molecule has 1 fully saturated rings. The predicted octanol–water partition coefficient (Wildman–Crippen LogP) is 2.41. The molecule has 116 valence electrons. The number of pyridine rings is 1. The summed E-state index contributed by atoms with van der Waals surface area (Å²) in [7, 11) is 0. The van der Waals surface area contributed by atoms with Crippen molar-refractivity contribution in [1.29, 1.82) is 0 Å². The third-order valence-corrected chi connectivity index (χ3v) is 4.50. The van der Waals surface area contributed by atoms with Crippen molar-refractivity contribution in [2.75, 3.05) is 6.54 Å². The molecular formula is C18H23N3O. The zero-order chi connectivity index (χ0) is 15.4. The highest BCUT2D eigenvalue weighted by Gasteiger charge is 2.24. The van der Waals surface area contributed by atoms with Crippen LogP contribution in [0.25, 0.3) is 10.9 Å². The second-order valence-electron chi connectivity index (χ2n) is 6.16. The van der Waals surface area contributed by atoms with Gasteiger partial charge in [-0.25, -0.2) is 0 Å². The van der Waals surface area contributed by atoms with Crippen molar-refractivity contribution < 1.29 is 4.79 Å². The van der Waals surface area contributed by atoms with Crippen LogP contribution in [0.15, 0.2) is 36.5 Å². The van der Waals surface area contributed by atoms with Gasteiger partial charge in [0.2, 0.25) is 5.91 Å². The van der Waals surface area contributed by atoms with Gasteiger partial charge in [-0.05, 0) is 37.3 Å². The van der Waals surface area contributed by atoms with E-state index in [-0.39, 0.29) is 17.9 Å². The number of benzene rings is 1. The van der Waals surface area contributed by atoms with Crippen LogP contribution < -0.4 is 11.1 Å². The van der Waals surface area contributed by atoms with Crippen molar-refractivity contribution in [2.24, 2.45) is 11.7 Å². The number of para-hydroxylation sites is 1. The highest BCUT2D eigenvalue weighted by atomic mass is 16.1. The molecule has 2 aromatic rings. The first kappa shape index (κ1) is 15.0. The fourth-order valence-electron chi connectivity index (χ4n) is 3.30. The summed E-state index contributed by atoms with van der Waals surface area (Å²) in [5.41, 5.74) is 8.16. The normalized spacial score (nSPS) is 21.7. The molecule has 1 aromatic carbocycles. The number of amides is 1. The number of nitrogens with zero attached hydrogens (tertiary/aromatic N) is 1. The lowest BCUT2D eigenvalue weighted by Crippen LogP contribution is -2.38. The highest BCUT2D eigenvalue weighted by molar-refractivity contribution is 5.82. The molecule has 0 bridgehead atoms. The first-order valence-corrected chi connectivity index (χ1v) is 8.10. The summed E-state index contributed by atoms with van der Waals surface area (Å²) in [6, 6.07) is 10.4.